The number of aromatic amines is 1. The number of amides is 2. The predicted octanol–water partition coefficient (Wildman–Crippen LogP) is 1.77. The molecule has 0 radical (unpaired) electrons. The van der Waals surface area contributed by atoms with Gasteiger partial charge in [-0.15, -0.1) is 0 Å². The zero-order chi connectivity index (χ0) is 11.9. The molecule has 3 N–H and O–H groups in total. The second-order valence-electron chi connectivity index (χ2n) is 3.53. The van der Waals surface area contributed by atoms with E-state index in [0.29, 0.717) is 13.0 Å². The predicted molar refractivity (Wildman–Crippen MR) is 65.8 cm³/mol. The first-order valence-electron chi connectivity index (χ1n) is 5.43. The quantitative estimate of drug-likeness (QED) is 0.749. The summed E-state index contributed by atoms with van der Waals surface area (Å²) < 4.78 is 0. The molecule has 17 heavy (non-hydrogen) atoms. The first kappa shape index (κ1) is 11.2. The Hall–Kier alpha value is -2.30. The molecule has 2 amide bonds. The minimum Gasteiger partial charge on any atom is -0.349 e. The van der Waals surface area contributed by atoms with Gasteiger partial charge >= 0.3 is 6.03 Å². The molecule has 1 heterocycles. The van der Waals surface area contributed by atoms with Gasteiger partial charge in [0.2, 0.25) is 0 Å². The second kappa shape index (κ2) is 5.69. The summed E-state index contributed by atoms with van der Waals surface area (Å²) in [6, 6.07) is 9.12. The van der Waals surface area contributed by atoms with E-state index >= 15 is 0 Å². The fourth-order valence-corrected chi connectivity index (χ4v) is 1.43. The summed E-state index contributed by atoms with van der Waals surface area (Å²) in [7, 11) is 0. The monoisotopic (exact) mass is 230 g/mol. The maximum atomic E-state index is 11.5. The van der Waals surface area contributed by atoms with Gasteiger partial charge in [-0.3, -0.25) is 0 Å². The van der Waals surface area contributed by atoms with Crippen molar-refractivity contribution in [3.05, 3.63) is 48.5 Å². The first-order chi connectivity index (χ1) is 8.34. The summed E-state index contributed by atoms with van der Waals surface area (Å²) in [6.07, 6.45) is 4.15. The molecular weight excluding hydrogens is 216 g/mol. The third-order valence-electron chi connectivity index (χ3n) is 2.23. The number of carbonyl (C=O) groups is 1. The van der Waals surface area contributed by atoms with Crippen LogP contribution in [0.15, 0.2) is 42.7 Å². The molecule has 0 aliphatic rings. The highest BCUT2D eigenvalue weighted by Crippen LogP contribution is 2.03. The van der Waals surface area contributed by atoms with Crippen LogP contribution < -0.4 is 10.6 Å². The van der Waals surface area contributed by atoms with Crippen LogP contribution in [0.2, 0.25) is 0 Å². The van der Waals surface area contributed by atoms with Gasteiger partial charge in [0.25, 0.3) is 0 Å². The highest BCUT2D eigenvalue weighted by atomic mass is 16.2. The molecule has 0 saturated carbocycles. The number of hydrogen-bond donors (Lipinski definition) is 3. The molecule has 0 aliphatic heterocycles. The molecule has 88 valence electrons. The van der Waals surface area contributed by atoms with Crippen molar-refractivity contribution >= 4 is 11.7 Å². The van der Waals surface area contributed by atoms with Crippen LogP contribution in [0, 0.1) is 0 Å². The molecule has 0 aliphatic carbocycles. The van der Waals surface area contributed by atoms with Gasteiger partial charge in [-0.1, -0.05) is 18.2 Å². The number of anilines is 1. The van der Waals surface area contributed by atoms with E-state index < -0.39 is 0 Å². The summed E-state index contributed by atoms with van der Waals surface area (Å²) in [5.41, 5.74) is 0.781. The van der Waals surface area contributed by atoms with Crippen molar-refractivity contribution < 1.29 is 4.79 Å². The Morgan fingerprint density at radius 1 is 1.29 bits per heavy atom. The molecule has 0 fully saturated rings. The average Bonchev–Trinajstić information content (AvgIpc) is 2.83. The van der Waals surface area contributed by atoms with Gasteiger partial charge in [-0.05, 0) is 12.1 Å². The van der Waals surface area contributed by atoms with E-state index in [4.69, 9.17) is 0 Å². The number of hydrogen-bond acceptors (Lipinski definition) is 2. The largest absolute Gasteiger partial charge is 0.349 e. The van der Waals surface area contributed by atoms with Crippen LogP contribution in [0.5, 0.6) is 0 Å². The first-order valence-corrected chi connectivity index (χ1v) is 5.43. The molecule has 0 atom stereocenters. The molecule has 5 nitrogen and oxygen atoms in total. The van der Waals surface area contributed by atoms with Crippen LogP contribution in [0.1, 0.15) is 5.82 Å². The molecular formula is C12H14N4O. The van der Waals surface area contributed by atoms with Crippen molar-refractivity contribution in [1.29, 1.82) is 0 Å². The van der Waals surface area contributed by atoms with Gasteiger partial charge in [0, 0.05) is 31.0 Å². The third-order valence-corrected chi connectivity index (χ3v) is 2.23. The third kappa shape index (κ3) is 3.64. The van der Waals surface area contributed by atoms with E-state index in [1.54, 1.807) is 12.4 Å². The fraction of sp³-hybridized carbons (Fsp3) is 0.167. The van der Waals surface area contributed by atoms with Crippen LogP contribution in [0.25, 0.3) is 0 Å². The number of urea groups is 1. The number of rotatable bonds is 4. The number of benzene rings is 1. The van der Waals surface area contributed by atoms with Gasteiger partial charge in [0.05, 0.1) is 0 Å². The Balaban J connectivity index is 1.71. The molecule has 5 heteroatoms. The lowest BCUT2D eigenvalue weighted by atomic mass is 10.3. The number of aromatic nitrogens is 2. The number of nitrogens with zero attached hydrogens (tertiary/aromatic N) is 1. The summed E-state index contributed by atoms with van der Waals surface area (Å²) in [4.78, 5) is 18.5. The lowest BCUT2D eigenvalue weighted by Gasteiger charge is -2.06. The van der Waals surface area contributed by atoms with Crippen LogP contribution in [0.4, 0.5) is 10.5 Å². The Labute approximate surface area is 99.3 Å². The second-order valence-corrected chi connectivity index (χ2v) is 3.53. The molecule has 1 aromatic heterocycles. The molecule has 0 unspecified atom stereocenters. The van der Waals surface area contributed by atoms with Crippen molar-refractivity contribution in [1.82, 2.24) is 15.3 Å². The molecule has 1 aromatic carbocycles. The van der Waals surface area contributed by atoms with E-state index in [-0.39, 0.29) is 6.03 Å². The van der Waals surface area contributed by atoms with Crippen LogP contribution >= 0.6 is 0 Å². The van der Waals surface area contributed by atoms with Crippen molar-refractivity contribution in [3.63, 3.8) is 0 Å². The maximum absolute atomic E-state index is 11.5. The van der Waals surface area contributed by atoms with E-state index in [2.05, 4.69) is 20.6 Å². The standard InChI is InChI=1S/C12H14N4O/c17-12(16-10-4-2-1-3-5-10)15-7-6-11-13-8-9-14-11/h1-5,8-9H,6-7H2,(H,13,14)(H2,15,16,17). The number of carbonyl (C=O) groups excluding carboxylic acids is 1. The van der Waals surface area contributed by atoms with Crippen LogP contribution in [0.3, 0.4) is 0 Å². The van der Waals surface area contributed by atoms with Crippen LogP contribution in [-0.4, -0.2) is 22.5 Å². The average molecular weight is 230 g/mol. The van der Waals surface area contributed by atoms with E-state index in [9.17, 15) is 4.79 Å². The SMILES string of the molecule is O=C(NCCc1ncc[nH]1)Nc1ccccc1. The number of imidazole rings is 1. The zero-order valence-corrected chi connectivity index (χ0v) is 9.31. The van der Waals surface area contributed by atoms with Gasteiger partial charge < -0.3 is 15.6 Å². The van der Waals surface area contributed by atoms with Crippen molar-refractivity contribution in [3.8, 4) is 0 Å². The minimum atomic E-state index is -0.206. The molecule has 0 spiro atoms. The van der Waals surface area contributed by atoms with Crippen LogP contribution in [-0.2, 0) is 6.42 Å². The summed E-state index contributed by atoms with van der Waals surface area (Å²) in [5.74, 6) is 0.866. The Morgan fingerprint density at radius 3 is 2.82 bits per heavy atom. The number of para-hydroxylation sites is 1. The van der Waals surface area contributed by atoms with Gasteiger partial charge in [-0.2, -0.15) is 0 Å². The van der Waals surface area contributed by atoms with Crippen molar-refractivity contribution in [2.75, 3.05) is 11.9 Å². The topological polar surface area (TPSA) is 69.8 Å². The zero-order valence-electron chi connectivity index (χ0n) is 9.31. The molecule has 2 rings (SSSR count). The van der Waals surface area contributed by atoms with Crippen molar-refractivity contribution in [2.45, 2.75) is 6.42 Å². The lowest BCUT2D eigenvalue weighted by molar-refractivity contribution is 0.252. The molecule has 0 saturated heterocycles. The van der Waals surface area contributed by atoms with Crippen molar-refractivity contribution in [2.24, 2.45) is 0 Å². The fourth-order valence-electron chi connectivity index (χ4n) is 1.43. The van der Waals surface area contributed by atoms with Gasteiger partial charge in [-0.25, -0.2) is 9.78 Å². The Bertz CT molecular complexity index is 453. The molecule has 2 aromatic rings. The lowest BCUT2D eigenvalue weighted by Crippen LogP contribution is -2.30. The van der Waals surface area contributed by atoms with E-state index in [1.165, 1.54) is 0 Å². The minimum absolute atomic E-state index is 0.206. The number of H-pyrrole nitrogens is 1. The van der Waals surface area contributed by atoms with E-state index in [1.807, 2.05) is 30.3 Å². The van der Waals surface area contributed by atoms with Gasteiger partial charge in [0.15, 0.2) is 0 Å². The summed E-state index contributed by atoms with van der Waals surface area (Å²) >= 11 is 0. The molecule has 0 bridgehead atoms. The number of nitrogens with one attached hydrogen (secondary N) is 3. The van der Waals surface area contributed by atoms with E-state index in [0.717, 1.165) is 11.5 Å². The summed E-state index contributed by atoms with van der Waals surface area (Å²) in [5, 5.41) is 5.50. The highest BCUT2D eigenvalue weighted by Gasteiger charge is 2.00. The van der Waals surface area contributed by atoms with Gasteiger partial charge in [0.1, 0.15) is 5.82 Å². The maximum Gasteiger partial charge on any atom is 0.319 e. The summed E-state index contributed by atoms with van der Waals surface area (Å²) in [6.45, 7) is 0.548. The smallest absolute Gasteiger partial charge is 0.319 e. The highest BCUT2D eigenvalue weighted by molar-refractivity contribution is 5.89. The Kier molecular flexibility index (Phi) is 3.75. The Morgan fingerprint density at radius 2 is 2.12 bits per heavy atom. The normalized spacial score (nSPS) is 9.88.